The first kappa shape index (κ1) is 21.2. The molecule has 2 heterocycles. The van der Waals surface area contributed by atoms with E-state index in [0.717, 1.165) is 11.3 Å². The van der Waals surface area contributed by atoms with Gasteiger partial charge in [-0.25, -0.2) is 14.4 Å². The predicted molar refractivity (Wildman–Crippen MR) is 118 cm³/mol. The van der Waals surface area contributed by atoms with Crippen LogP contribution >= 0.6 is 0 Å². The first-order valence-corrected chi connectivity index (χ1v) is 10.0. The molecule has 1 N–H and O–H groups in total. The summed E-state index contributed by atoms with van der Waals surface area (Å²) in [6.45, 7) is 0.576. The summed E-state index contributed by atoms with van der Waals surface area (Å²) in [5.74, 6) is 0.00294. The van der Waals surface area contributed by atoms with Crippen molar-refractivity contribution in [1.29, 1.82) is 0 Å². The third-order valence-corrected chi connectivity index (χ3v) is 5.02. The van der Waals surface area contributed by atoms with Gasteiger partial charge in [0.1, 0.15) is 17.3 Å². The van der Waals surface area contributed by atoms with Crippen LogP contribution < -0.4 is 15.6 Å². The number of ether oxygens (including phenoxy) is 1. The van der Waals surface area contributed by atoms with E-state index >= 15 is 0 Å². The zero-order valence-electron chi connectivity index (χ0n) is 17.4. The number of amides is 1. The maximum atomic E-state index is 13.5. The van der Waals surface area contributed by atoms with Gasteiger partial charge in [0.2, 0.25) is 0 Å². The summed E-state index contributed by atoms with van der Waals surface area (Å²) >= 11 is 0. The minimum absolute atomic E-state index is 0.130. The highest BCUT2D eigenvalue weighted by Gasteiger charge is 2.12. The van der Waals surface area contributed by atoms with Crippen LogP contribution in [0.3, 0.4) is 0 Å². The van der Waals surface area contributed by atoms with Crippen molar-refractivity contribution >= 4 is 16.8 Å². The molecule has 0 fully saturated rings. The minimum atomic E-state index is -0.380. The number of carbonyl (C=O) groups excluding carboxylic acids is 1. The Morgan fingerprint density at radius 2 is 1.91 bits per heavy atom. The molecule has 0 radical (unpaired) electrons. The maximum Gasteiger partial charge on any atom is 0.269 e. The average molecular weight is 432 g/mol. The van der Waals surface area contributed by atoms with E-state index in [2.05, 4.69) is 15.3 Å². The van der Waals surface area contributed by atoms with Crippen LogP contribution in [-0.2, 0) is 13.0 Å². The second-order valence-electron chi connectivity index (χ2n) is 7.25. The molecular weight excluding hydrogens is 411 g/mol. The lowest BCUT2D eigenvalue weighted by molar-refractivity contribution is 0.0949. The van der Waals surface area contributed by atoms with Gasteiger partial charge < -0.3 is 10.1 Å². The fourth-order valence-corrected chi connectivity index (χ4v) is 3.37. The summed E-state index contributed by atoms with van der Waals surface area (Å²) < 4.78 is 20.0. The zero-order chi connectivity index (χ0) is 22.5. The van der Waals surface area contributed by atoms with Gasteiger partial charge >= 0.3 is 0 Å². The van der Waals surface area contributed by atoms with Gasteiger partial charge in [-0.3, -0.25) is 14.2 Å². The number of benzene rings is 2. The Morgan fingerprint density at radius 1 is 1.09 bits per heavy atom. The van der Waals surface area contributed by atoms with Gasteiger partial charge in [0, 0.05) is 6.54 Å². The number of nitrogens with zero attached hydrogens (tertiary/aromatic N) is 3. The topological polar surface area (TPSA) is 86.1 Å². The number of rotatable bonds is 7. The van der Waals surface area contributed by atoms with Crippen LogP contribution in [0.4, 0.5) is 4.39 Å². The molecule has 4 rings (SSSR count). The Labute approximate surface area is 183 Å². The van der Waals surface area contributed by atoms with Crippen molar-refractivity contribution in [2.24, 2.45) is 0 Å². The quantitative estimate of drug-likeness (QED) is 0.485. The van der Waals surface area contributed by atoms with Crippen LogP contribution in [0, 0.1) is 5.82 Å². The van der Waals surface area contributed by atoms with Gasteiger partial charge in [-0.05, 0) is 47.9 Å². The van der Waals surface area contributed by atoms with Gasteiger partial charge in [0.05, 0.1) is 37.1 Å². The number of nitrogens with one attached hydrogen (secondary N) is 1. The van der Waals surface area contributed by atoms with E-state index in [1.165, 1.54) is 35.3 Å². The number of hydrogen-bond acceptors (Lipinski definition) is 5. The maximum absolute atomic E-state index is 13.5. The SMILES string of the molecule is COc1cccc(CCNC(=O)c2cc3c(=O)n(Cc4cccc(F)c4)cnc3cn2)c1. The van der Waals surface area contributed by atoms with E-state index in [9.17, 15) is 14.0 Å². The molecule has 32 heavy (non-hydrogen) atoms. The van der Waals surface area contributed by atoms with Crippen LogP contribution in [0.25, 0.3) is 10.9 Å². The molecule has 0 saturated carbocycles. The largest absolute Gasteiger partial charge is 0.497 e. The van der Waals surface area contributed by atoms with Crippen LogP contribution in [-0.4, -0.2) is 34.1 Å². The van der Waals surface area contributed by atoms with Gasteiger partial charge in [-0.15, -0.1) is 0 Å². The number of carbonyl (C=O) groups is 1. The molecule has 4 aromatic rings. The number of pyridine rings is 1. The summed E-state index contributed by atoms with van der Waals surface area (Å²) in [6, 6.07) is 15.1. The Hall–Kier alpha value is -4.07. The normalized spacial score (nSPS) is 10.8. The van der Waals surface area contributed by atoms with Crippen molar-refractivity contribution in [3.05, 3.63) is 100 Å². The van der Waals surface area contributed by atoms with E-state index in [4.69, 9.17) is 4.74 Å². The Bertz CT molecular complexity index is 1340. The van der Waals surface area contributed by atoms with Crippen LogP contribution in [0.2, 0.25) is 0 Å². The lowest BCUT2D eigenvalue weighted by atomic mass is 10.1. The summed E-state index contributed by atoms with van der Waals surface area (Å²) in [5.41, 5.74) is 1.86. The Morgan fingerprint density at radius 3 is 2.72 bits per heavy atom. The van der Waals surface area contributed by atoms with E-state index < -0.39 is 0 Å². The minimum Gasteiger partial charge on any atom is -0.497 e. The third kappa shape index (κ3) is 4.80. The van der Waals surface area contributed by atoms with Gasteiger partial charge in [0.25, 0.3) is 11.5 Å². The number of aromatic nitrogens is 3. The predicted octanol–water partition coefficient (Wildman–Crippen LogP) is 2.96. The van der Waals surface area contributed by atoms with Gasteiger partial charge in [0.15, 0.2) is 0 Å². The van der Waals surface area contributed by atoms with Crippen molar-refractivity contribution < 1.29 is 13.9 Å². The lowest BCUT2D eigenvalue weighted by Crippen LogP contribution is -2.27. The monoisotopic (exact) mass is 432 g/mol. The van der Waals surface area contributed by atoms with Crippen molar-refractivity contribution in [3.8, 4) is 5.75 Å². The third-order valence-electron chi connectivity index (χ3n) is 5.02. The summed E-state index contributed by atoms with van der Waals surface area (Å²) in [7, 11) is 1.60. The molecule has 7 nitrogen and oxygen atoms in total. The van der Waals surface area contributed by atoms with E-state index in [0.29, 0.717) is 24.0 Å². The van der Waals surface area contributed by atoms with Crippen molar-refractivity contribution in [3.63, 3.8) is 0 Å². The van der Waals surface area contributed by atoms with Crippen LogP contribution in [0.5, 0.6) is 5.75 Å². The first-order chi connectivity index (χ1) is 15.5. The standard InChI is InChI=1S/C24H21FN4O3/c1-32-19-7-3-4-16(11-19)8-9-26-23(30)21-12-20-22(13-27-21)28-15-29(24(20)31)14-17-5-2-6-18(25)10-17/h2-7,10-13,15H,8-9,14H2,1H3,(H,26,30). The molecule has 0 aliphatic rings. The highest BCUT2D eigenvalue weighted by molar-refractivity contribution is 5.95. The Kier molecular flexibility index (Phi) is 6.21. The average Bonchev–Trinajstić information content (AvgIpc) is 2.81. The highest BCUT2D eigenvalue weighted by Crippen LogP contribution is 2.13. The lowest BCUT2D eigenvalue weighted by Gasteiger charge is -2.09. The zero-order valence-corrected chi connectivity index (χ0v) is 17.4. The van der Waals surface area contributed by atoms with Gasteiger partial charge in [-0.2, -0.15) is 0 Å². The molecule has 1 amide bonds. The van der Waals surface area contributed by atoms with E-state index in [-0.39, 0.29) is 34.9 Å². The summed E-state index contributed by atoms with van der Waals surface area (Å²) in [4.78, 5) is 33.8. The molecule has 0 bridgehead atoms. The number of fused-ring (bicyclic) bond motifs is 1. The van der Waals surface area contributed by atoms with E-state index in [1.54, 1.807) is 19.2 Å². The molecular formula is C24H21FN4O3. The summed E-state index contributed by atoms with van der Waals surface area (Å²) in [5, 5.41) is 3.09. The van der Waals surface area contributed by atoms with Crippen LogP contribution in [0.15, 0.2) is 71.9 Å². The van der Waals surface area contributed by atoms with Crippen molar-refractivity contribution in [2.45, 2.75) is 13.0 Å². The number of methoxy groups -OCH3 is 1. The second kappa shape index (κ2) is 9.38. The van der Waals surface area contributed by atoms with Gasteiger partial charge in [-0.1, -0.05) is 24.3 Å². The number of hydrogen-bond donors (Lipinski definition) is 1. The molecule has 162 valence electrons. The van der Waals surface area contributed by atoms with Crippen molar-refractivity contribution in [1.82, 2.24) is 19.9 Å². The number of halogens is 1. The molecule has 0 aliphatic heterocycles. The van der Waals surface area contributed by atoms with E-state index in [1.807, 2.05) is 24.3 Å². The molecule has 0 spiro atoms. The fraction of sp³-hybridized carbons (Fsp3) is 0.167. The second-order valence-corrected chi connectivity index (χ2v) is 7.25. The molecule has 0 atom stereocenters. The molecule has 8 heteroatoms. The highest BCUT2D eigenvalue weighted by atomic mass is 19.1. The smallest absolute Gasteiger partial charge is 0.269 e. The molecule has 2 aromatic heterocycles. The molecule has 2 aromatic carbocycles. The summed E-state index contributed by atoms with van der Waals surface area (Å²) in [6.07, 6.45) is 3.42. The fourth-order valence-electron chi connectivity index (χ4n) is 3.37. The Balaban J connectivity index is 1.49. The molecule has 0 saturated heterocycles. The molecule has 0 aliphatic carbocycles. The first-order valence-electron chi connectivity index (χ1n) is 10.0. The van der Waals surface area contributed by atoms with Crippen LogP contribution in [0.1, 0.15) is 21.6 Å². The van der Waals surface area contributed by atoms with Crippen molar-refractivity contribution in [2.75, 3.05) is 13.7 Å². The molecule has 0 unspecified atom stereocenters.